The van der Waals surface area contributed by atoms with Gasteiger partial charge in [0.05, 0.1) is 0 Å². The van der Waals surface area contributed by atoms with Gasteiger partial charge in [0.25, 0.3) is 6.43 Å². The molecule has 0 amide bonds. The average molecular weight is 382 g/mol. The fourth-order valence-corrected chi connectivity index (χ4v) is 3.21. The van der Waals surface area contributed by atoms with Gasteiger partial charge in [-0.2, -0.15) is 0 Å². The lowest BCUT2D eigenvalue weighted by atomic mass is 10.2. The van der Waals surface area contributed by atoms with E-state index in [1.807, 2.05) is 22.6 Å². The minimum absolute atomic E-state index is 0.0700. The molecule has 0 saturated carbocycles. The second-order valence-corrected chi connectivity index (χ2v) is 4.23. The van der Waals surface area contributed by atoms with Crippen LogP contribution in [0.15, 0.2) is 6.20 Å². The normalized spacial score (nSPS) is 10.9. The highest BCUT2D eigenvalue weighted by Gasteiger charge is 2.16. The molecule has 1 aromatic rings. The molecule has 0 unspecified atom stereocenters. The Morgan fingerprint density at radius 2 is 2.23 bits per heavy atom. The summed E-state index contributed by atoms with van der Waals surface area (Å²) >= 11 is 10.7. The molecule has 0 aliphatic carbocycles. The van der Waals surface area contributed by atoms with Crippen molar-refractivity contribution in [2.24, 2.45) is 0 Å². The van der Waals surface area contributed by atoms with E-state index >= 15 is 0 Å². The Balaban J connectivity index is 3.27. The van der Waals surface area contributed by atoms with E-state index in [1.54, 1.807) is 0 Å². The Morgan fingerprint density at radius 3 is 2.69 bits per heavy atom. The molecule has 0 bridgehead atoms. The van der Waals surface area contributed by atoms with Crippen molar-refractivity contribution in [1.29, 1.82) is 0 Å². The molecule has 0 aliphatic rings. The summed E-state index contributed by atoms with van der Waals surface area (Å²) in [6.45, 7) is 0. The number of hydrogen-bond acceptors (Lipinski definition) is 1. The number of pyridine rings is 1. The summed E-state index contributed by atoms with van der Waals surface area (Å²) in [5.74, 6) is 0. The molecule has 0 aliphatic heterocycles. The van der Waals surface area contributed by atoms with Gasteiger partial charge in [-0.1, -0.05) is 27.5 Å². The second kappa shape index (κ2) is 4.84. The summed E-state index contributed by atoms with van der Waals surface area (Å²) in [5, 5.41) is 0.697. The summed E-state index contributed by atoms with van der Waals surface area (Å²) in [6, 6.07) is 0. The van der Waals surface area contributed by atoms with Gasteiger partial charge >= 0.3 is 0 Å². The largest absolute Gasteiger partial charge is 0.266 e. The Bertz CT molecular complexity index is 322. The fraction of sp³-hybridized carbons (Fsp3) is 0.286. The third-order valence-corrected chi connectivity index (χ3v) is 3.61. The van der Waals surface area contributed by atoms with Crippen LogP contribution in [0.3, 0.4) is 0 Å². The van der Waals surface area contributed by atoms with E-state index < -0.39 is 6.43 Å². The first-order valence-electron chi connectivity index (χ1n) is 3.24. The lowest BCUT2D eigenvalue weighted by molar-refractivity contribution is 0.150. The SMILES string of the molecule is FC(F)c1cnc(Cl)c(CBr)c1I. The number of hydrogen-bond donors (Lipinski definition) is 0. The minimum atomic E-state index is -2.51. The van der Waals surface area contributed by atoms with Crippen LogP contribution in [0.25, 0.3) is 0 Å². The standard InChI is InChI=1S/C7H4BrClF2IN/c8-1-3-5(12)4(7(10)11)2-13-6(3)9/h2,7H,1H2. The van der Waals surface area contributed by atoms with Crippen LogP contribution in [-0.4, -0.2) is 4.98 Å². The van der Waals surface area contributed by atoms with Crippen LogP contribution in [0.4, 0.5) is 8.78 Å². The first-order valence-corrected chi connectivity index (χ1v) is 5.82. The summed E-state index contributed by atoms with van der Waals surface area (Å²) in [6.07, 6.45) is -1.39. The highest BCUT2D eigenvalue weighted by atomic mass is 127. The summed E-state index contributed by atoms with van der Waals surface area (Å²) in [5.41, 5.74) is 0.541. The van der Waals surface area contributed by atoms with Crippen LogP contribution >= 0.6 is 50.1 Å². The van der Waals surface area contributed by atoms with Crippen molar-refractivity contribution in [2.75, 3.05) is 0 Å². The van der Waals surface area contributed by atoms with Gasteiger partial charge < -0.3 is 0 Å². The van der Waals surface area contributed by atoms with Gasteiger partial charge in [0.1, 0.15) is 5.15 Å². The predicted molar refractivity (Wildman–Crippen MR) is 59.6 cm³/mol. The van der Waals surface area contributed by atoms with Gasteiger partial charge in [-0.15, -0.1) is 0 Å². The second-order valence-electron chi connectivity index (χ2n) is 2.23. The topological polar surface area (TPSA) is 12.9 Å². The highest BCUT2D eigenvalue weighted by molar-refractivity contribution is 14.1. The molecule has 0 spiro atoms. The number of alkyl halides is 3. The van der Waals surface area contributed by atoms with Crippen LogP contribution in [-0.2, 0) is 5.33 Å². The number of nitrogens with zero attached hydrogens (tertiary/aromatic N) is 1. The maximum absolute atomic E-state index is 12.4. The van der Waals surface area contributed by atoms with Gasteiger partial charge in [-0.25, -0.2) is 13.8 Å². The van der Waals surface area contributed by atoms with E-state index in [4.69, 9.17) is 11.6 Å². The third-order valence-electron chi connectivity index (χ3n) is 1.45. The summed E-state index contributed by atoms with van der Waals surface area (Å²) < 4.78 is 25.2. The van der Waals surface area contributed by atoms with E-state index in [-0.39, 0.29) is 10.7 Å². The monoisotopic (exact) mass is 381 g/mol. The molecular formula is C7H4BrClF2IN. The Kier molecular flexibility index (Phi) is 4.31. The van der Waals surface area contributed by atoms with Gasteiger partial charge in [-0.3, -0.25) is 0 Å². The quantitative estimate of drug-likeness (QED) is 0.425. The zero-order valence-electron chi connectivity index (χ0n) is 6.20. The fourth-order valence-electron chi connectivity index (χ4n) is 0.792. The maximum Gasteiger partial charge on any atom is 0.266 e. The zero-order chi connectivity index (χ0) is 10.0. The zero-order valence-corrected chi connectivity index (χ0v) is 10.7. The Morgan fingerprint density at radius 1 is 1.62 bits per heavy atom. The van der Waals surface area contributed by atoms with Gasteiger partial charge in [-0.05, 0) is 22.6 Å². The van der Waals surface area contributed by atoms with Crippen LogP contribution in [0, 0.1) is 3.57 Å². The molecule has 1 nitrogen and oxygen atoms in total. The van der Waals surface area contributed by atoms with Crippen molar-refractivity contribution in [3.63, 3.8) is 0 Å². The number of rotatable bonds is 2. The molecule has 6 heteroatoms. The molecule has 72 valence electrons. The van der Waals surface area contributed by atoms with E-state index in [0.29, 0.717) is 14.5 Å². The van der Waals surface area contributed by atoms with Crippen molar-refractivity contribution in [1.82, 2.24) is 4.98 Å². The average Bonchev–Trinajstić information content (AvgIpc) is 2.04. The molecule has 1 aromatic heterocycles. The van der Waals surface area contributed by atoms with Gasteiger partial charge in [0, 0.05) is 26.2 Å². The number of aromatic nitrogens is 1. The van der Waals surface area contributed by atoms with Crippen molar-refractivity contribution in [3.8, 4) is 0 Å². The predicted octanol–water partition coefficient (Wildman–Crippen LogP) is 4.17. The molecule has 1 heterocycles. The molecule has 0 aromatic carbocycles. The molecular weight excluding hydrogens is 378 g/mol. The molecule has 0 N–H and O–H groups in total. The first kappa shape index (κ1) is 11.6. The smallest absolute Gasteiger partial charge is 0.244 e. The Hall–Kier alpha value is 0.510. The summed E-state index contributed by atoms with van der Waals surface area (Å²) in [4.78, 5) is 3.68. The molecule has 0 atom stereocenters. The number of halogens is 5. The van der Waals surface area contributed by atoms with E-state index in [1.165, 1.54) is 0 Å². The van der Waals surface area contributed by atoms with E-state index in [9.17, 15) is 8.78 Å². The van der Waals surface area contributed by atoms with Crippen LogP contribution < -0.4 is 0 Å². The van der Waals surface area contributed by atoms with Crippen molar-refractivity contribution >= 4 is 50.1 Å². The lowest BCUT2D eigenvalue weighted by Gasteiger charge is -2.07. The van der Waals surface area contributed by atoms with Gasteiger partial charge in [0.2, 0.25) is 0 Å². The van der Waals surface area contributed by atoms with E-state index in [2.05, 4.69) is 20.9 Å². The Labute approximate surface area is 101 Å². The molecule has 13 heavy (non-hydrogen) atoms. The van der Waals surface area contributed by atoms with Crippen molar-refractivity contribution < 1.29 is 8.78 Å². The minimum Gasteiger partial charge on any atom is -0.244 e. The van der Waals surface area contributed by atoms with Crippen LogP contribution in [0.2, 0.25) is 5.15 Å². The van der Waals surface area contributed by atoms with Crippen molar-refractivity contribution in [2.45, 2.75) is 11.8 Å². The van der Waals surface area contributed by atoms with Crippen LogP contribution in [0.5, 0.6) is 0 Å². The highest BCUT2D eigenvalue weighted by Crippen LogP contribution is 2.30. The van der Waals surface area contributed by atoms with Crippen molar-refractivity contribution in [3.05, 3.63) is 26.0 Å². The van der Waals surface area contributed by atoms with Gasteiger partial charge in [0.15, 0.2) is 0 Å². The molecule has 0 fully saturated rings. The summed E-state index contributed by atoms with van der Waals surface area (Å²) in [7, 11) is 0. The maximum atomic E-state index is 12.4. The lowest BCUT2D eigenvalue weighted by Crippen LogP contribution is -1.97. The first-order chi connectivity index (χ1) is 6.07. The van der Waals surface area contributed by atoms with E-state index in [0.717, 1.165) is 6.20 Å². The van der Waals surface area contributed by atoms with Crippen LogP contribution in [0.1, 0.15) is 17.6 Å². The molecule has 0 radical (unpaired) electrons. The molecule has 1 rings (SSSR count). The molecule has 0 saturated heterocycles. The third kappa shape index (κ3) is 2.50.